The Kier molecular flexibility index (Phi) is 4.13. The summed E-state index contributed by atoms with van der Waals surface area (Å²) in [6.45, 7) is -0.618. The van der Waals surface area contributed by atoms with E-state index in [0.717, 1.165) is 17.7 Å². The van der Waals surface area contributed by atoms with Crippen molar-refractivity contribution in [3.8, 4) is 0 Å². The molecule has 2 heterocycles. The van der Waals surface area contributed by atoms with Crippen LogP contribution in [0.3, 0.4) is 0 Å². The Labute approximate surface area is 126 Å². The molecule has 0 radical (unpaired) electrons. The molecule has 1 amide bonds. The van der Waals surface area contributed by atoms with Gasteiger partial charge in [0.15, 0.2) is 0 Å². The third kappa shape index (κ3) is 3.04. The molecule has 2 saturated heterocycles. The lowest BCUT2D eigenvalue weighted by atomic mass is 9.88. The van der Waals surface area contributed by atoms with Crippen LogP contribution in [0.4, 0.5) is 14.5 Å². The SMILES string of the molecule is O=C(C1CC2CCC1O2)N(CC(F)F)c1cccc(Cl)c1. The van der Waals surface area contributed by atoms with Crippen LogP contribution in [0.2, 0.25) is 5.02 Å². The smallest absolute Gasteiger partial charge is 0.256 e. The normalized spacial score (nSPS) is 27.3. The molecule has 2 fully saturated rings. The number of hydrogen-bond donors (Lipinski definition) is 0. The summed E-state index contributed by atoms with van der Waals surface area (Å²) in [5, 5.41) is 0.420. The Balaban J connectivity index is 1.83. The van der Waals surface area contributed by atoms with Gasteiger partial charge in [0.1, 0.15) is 0 Å². The minimum absolute atomic E-state index is 0.108. The summed E-state index contributed by atoms with van der Waals surface area (Å²) in [4.78, 5) is 13.8. The number of rotatable bonds is 4. The maximum atomic E-state index is 12.8. The molecule has 3 nitrogen and oxygen atoms in total. The van der Waals surface area contributed by atoms with Crippen molar-refractivity contribution >= 4 is 23.2 Å². The van der Waals surface area contributed by atoms with Crippen molar-refractivity contribution in [3.63, 3.8) is 0 Å². The Morgan fingerprint density at radius 3 is 2.81 bits per heavy atom. The third-order valence-corrected chi connectivity index (χ3v) is 4.36. The number of benzene rings is 1. The Hall–Kier alpha value is -1.20. The molecule has 3 unspecified atom stereocenters. The monoisotopic (exact) mass is 315 g/mol. The lowest BCUT2D eigenvalue weighted by molar-refractivity contribution is -0.124. The number of halogens is 3. The van der Waals surface area contributed by atoms with Crippen LogP contribution in [0.5, 0.6) is 0 Å². The van der Waals surface area contributed by atoms with Gasteiger partial charge in [-0.25, -0.2) is 8.78 Å². The molecule has 114 valence electrons. The maximum absolute atomic E-state index is 12.8. The van der Waals surface area contributed by atoms with E-state index in [1.807, 2.05) is 0 Å². The van der Waals surface area contributed by atoms with E-state index >= 15 is 0 Å². The second-order valence-corrected chi connectivity index (χ2v) is 5.97. The van der Waals surface area contributed by atoms with Crippen LogP contribution >= 0.6 is 11.6 Å². The lowest BCUT2D eigenvalue weighted by Gasteiger charge is -2.28. The molecule has 0 aliphatic carbocycles. The summed E-state index contributed by atoms with van der Waals surface area (Å²) >= 11 is 5.90. The van der Waals surface area contributed by atoms with Gasteiger partial charge >= 0.3 is 0 Å². The Bertz CT molecular complexity index is 540. The number of fused-ring (bicyclic) bond motifs is 2. The minimum Gasteiger partial charge on any atom is -0.374 e. The number of hydrogen-bond acceptors (Lipinski definition) is 2. The van der Waals surface area contributed by atoms with Crippen LogP contribution in [-0.2, 0) is 9.53 Å². The van der Waals surface area contributed by atoms with E-state index in [-0.39, 0.29) is 24.0 Å². The van der Waals surface area contributed by atoms with Crippen molar-refractivity contribution in [1.82, 2.24) is 0 Å². The highest BCUT2D eigenvalue weighted by atomic mass is 35.5. The molecule has 1 aromatic carbocycles. The number of nitrogens with zero attached hydrogens (tertiary/aromatic N) is 1. The van der Waals surface area contributed by atoms with Crippen LogP contribution in [0.15, 0.2) is 24.3 Å². The van der Waals surface area contributed by atoms with Crippen molar-refractivity contribution in [2.75, 3.05) is 11.4 Å². The van der Waals surface area contributed by atoms with E-state index in [9.17, 15) is 13.6 Å². The predicted molar refractivity (Wildman–Crippen MR) is 75.8 cm³/mol. The van der Waals surface area contributed by atoms with Gasteiger partial charge in [0, 0.05) is 10.7 Å². The molecule has 21 heavy (non-hydrogen) atoms. The zero-order valence-electron chi connectivity index (χ0n) is 11.3. The number of ether oxygens (including phenoxy) is 1. The van der Waals surface area contributed by atoms with E-state index in [1.54, 1.807) is 18.2 Å². The van der Waals surface area contributed by atoms with Gasteiger partial charge in [-0.1, -0.05) is 17.7 Å². The van der Waals surface area contributed by atoms with Crippen LogP contribution in [0, 0.1) is 5.92 Å². The topological polar surface area (TPSA) is 29.5 Å². The summed E-state index contributed by atoms with van der Waals surface area (Å²) in [7, 11) is 0. The van der Waals surface area contributed by atoms with Gasteiger partial charge in [0.2, 0.25) is 5.91 Å². The van der Waals surface area contributed by atoms with Crippen molar-refractivity contribution < 1.29 is 18.3 Å². The van der Waals surface area contributed by atoms with Crippen molar-refractivity contribution in [2.45, 2.75) is 37.9 Å². The van der Waals surface area contributed by atoms with Gasteiger partial charge in [0.25, 0.3) is 6.43 Å². The summed E-state index contributed by atoms with van der Waals surface area (Å²) in [5.74, 6) is -0.605. The molecule has 2 bridgehead atoms. The number of anilines is 1. The average molecular weight is 316 g/mol. The van der Waals surface area contributed by atoms with Gasteiger partial charge in [-0.3, -0.25) is 4.79 Å². The van der Waals surface area contributed by atoms with Crippen LogP contribution in [0.1, 0.15) is 19.3 Å². The molecule has 0 saturated carbocycles. The molecule has 3 rings (SSSR count). The standard InChI is InChI=1S/C15H16ClF2NO2/c16-9-2-1-3-10(6-9)19(8-14(17)18)15(20)12-7-11-4-5-13(12)21-11/h1-3,6,11-14H,4-5,7-8H2. The van der Waals surface area contributed by atoms with Gasteiger partial charge < -0.3 is 9.64 Å². The van der Waals surface area contributed by atoms with Crippen molar-refractivity contribution in [3.05, 3.63) is 29.3 Å². The first kappa shape index (κ1) is 14.7. The molecule has 6 heteroatoms. The number of alkyl halides is 2. The first-order valence-electron chi connectivity index (χ1n) is 7.05. The van der Waals surface area contributed by atoms with Crippen LogP contribution in [0.25, 0.3) is 0 Å². The second-order valence-electron chi connectivity index (χ2n) is 5.54. The fourth-order valence-electron chi connectivity index (χ4n) is 3.20. The van der Waals surface area contributed by atoms with Gasteiger partial charge in [-0.15, -0.1) is 0 Å². The lowest BCUT2D eigenvalue weighted by Crippen LogP contribution is -2.42. The number of carbonyl (C=O) groups excluding carboxylic acids is 1. The highest BCUT2D eigenvalue weighted by Gasteiger charge is 2.46. The summed E-state index contributed by atoms with van der Waals surface area (Å²) in [5.41, 5.74) is 0.413. The largest absolute Gasteiger partial charge is 0.374 e. The van der Waals surface area contributed by atoms with E-state index in [0.29, 0.717) is 17.1 Å². The summed E-state index contributed by atoms with van der Waals surface area (Å²) in [6.07, 6.45) is -0.186. The molecule has 3 atom stereocenters. The quantitative estimate of drug-likeness (QED) is 0.851. The van der Waals surface area contributed by atoms with E-state index < -0.39 is 13.0 Å². The maximum Gasteiger partial charge on any atom is 0.256 e. The highest BCUT2D eigenvalue weighted by molar-refractivity contribution is 6.30. The number of carbonyl (C=O) groups is 1. The van der Waals surface area contributed by atoms with Crippen LogP contribution in [-0.4, -0.2) is 31.1 Å². The molecular formula is C15H16ClF2NO2. The fourth-order valence-corrected chi connectivity index (χ4v) is 3.39. The van der Waals surface area contributed by atoms with Gasteiger partial charge in [-0.05, 0) is 37.5 Å². The van der Waals surface area contributed by atoms with E-state index in [2.05, 4.69) is 0 Å². The van der Waals surface area contributed by atoms with Gasteiger partial charge in [0.05, 0.1) is 24.7 Å². The number of amides is 1. The molecule has 2 aliphatic rings. The first-order valence-corrected chi connectivity index (χ1v) is 7.43. The van der Waals surface area contributed by atoms with Crippen molar-refractivity contribution in [1.29, 1.82) is 0 Å². The van der Waals surface area contributed by atoms with E-state index in [1.165, 1.54) is 6.07 Å². The Morgan fingerprint density at radius 1 is 1.43 bits per heavy atom. The summed E-state index contributed by atoms with van der Waals surface area (Å²) in [6, 6.07) is 6.47. The fraction of sp³-hybridized carbons (Fsp3) is 0.533. The van der Waals surface area contributed by atoms with Gasteiger partial charge in [-0.2, -0.15) is 0 Å². The molecular weight excluding hydrogens is 300 g/mol. The molecule has 0 N–H and O–H groups in total. The zero-order chi connectivity index (χ0) is 15.0. The second kappa shape index (κ2) is 5.89. The van der Waals surface area contributed by atoms with E-state index in [4.69, 9.17) is 16.3 Å². The first-order chi connectivity index (χ1) is 10.0. The summed E-state index contributed by atoms with van der Waals surface area (Å²) < 4.78 is 31.4. The molecule has 2 aliphatic heterocycles. The Morgan fingerprint density at radius 2 is 2.24 bits per heavy atom. The third-order valence-electron chi connectivity index (χ3n) is 4.13. The molecule has 1 aromatic rings. The molecule has 0 aromatic heterocycles. The van der Waals surface area contributed by atoms with Crippen molar-refractivity contribution in [2.24, 2.45) is 5.92 Å². The highest BCUT2D eigenvalue weighted by Crippen LogP contribution is 2.40. The van der Waals surface area contributed by atoms with Crippen LogP contribution < -0.4 is 4.90 Å². The minimum atomic E-state index is -2.59. The molecule has 0 spiro atoms. The average Bonchev–Trinajstić information content (AvgIpc) is 3.06. The zero-order valence-corrected chi connectivity index (χ0v) is 12.1. The predicted octanol–water partition coefficient (Wildman–Crippen LogP) is 3.51.